The van der Waals surface area contributed by atoms with Crippen molar-refractivity contribution in [1.82, 2.24) is 5.32 Å². The number of benzene rings is 3. The average Bonchev–Trinajstić information content (AvgIpc) is 3.07. The second-order valence-corrected chi connectivity index (χ2v) is 9.93. The van der Waals surface area contributed by atoms with E-state index in [1.54, 1.807) is 45.2 Å². The second kappa shape index (κ2) is 14.2. The standard InChI is InChI=1S/C17H18N2O6.C17H14O4/c1-9-13(16(20)24-3)15(14(10(2)18-9)17(21)25-4)11-7-5-6-8-12(11)19(22)23;1-19-13-10-6-9-12-14(18)17(20-2)15(21-16(12)13)11-7-4-3-5-8-11/h5-8,15,18H,1-4H3;3-10H,1-2H3. The molecule has 0 aliphatic carbocycles. The molecule has 46 heavy (non-hydrogen) atoms. The number of ether oxygens (including phenoxy) is 4. The van der Waals surface area contributed by atoms with Crippen LogP contribution in [0, 0.1) is 10.1 Å². The van der Waals surface area contributed by atoms with Crippen molar-refractivity contribution in [2.45, 2.75) is 19.8 Å². The number of nitrogens with one attached hydrogen (secondary N) is 1. The minimum atomic E-state index is -0.970. The van der Waals surface area contributed by atoms with Gasteiger partial charge in [0, 0.05) is 28.6 Å². The summed E-state index contributed by atoms with van der Waals surface area (Å²) in [5, 5.41) is 14.8. The fourth-order valence-electron chi connectivity index (χ4n) is 5.26. The molecule has 0 atom stereocenters. The van der Waals surface area contributed by atoms with Gasteiger partial charge in [0.15, 0.2) is 17.1 Å². The number of esters is 2. The molecule has 0 amide bonds. The average molecular weight is 629 g/mol. The molecule has 1 aliphatic heterocycles. The molecule has 12 heteroatoms. The largest absolute Gasteiger partial charge is 0.493 e. The molecule has 3 aromatic carbocycles. The van der Waals surface area contributed by atoms with Crippen LogP contribution in [0.15, 0.2) is 105 Å². The fraction of sp³-hybridized carbons (Fsp3) is 0.206. The topological polar surface area (TPSA) is 156 Å². The van der Waals surface area contributed by atoms with E-state index in [1.165, 1.54) is 39.5 Å². The summed E-state index contributed by atoms with van der Waals surface area (Å²) in [6, 6.07) is 20.5. The Morgan fingerprint density at radius 1 is 0.804 bits per heavy atom. The number of dihydropyridines is 1. The molecule has 0 bridgehead atoms. The van der Waals surface area contributed by atoms with Crippen LogP contribution in [-0.2, 0) is 19.1 Å². The number of para-hydroxylation sites is 2. The molecule has 238 valence electrons. The number of carbonyl (C=O) groups is 2. The van der Waals surface area contributed by atoms with E-state index in [4.69, 9.17) is 23.4 Å². The van der Waals surface area contributed by atoms with Crippen LogP contribution in [0.4, 0.5) is 5.69 Å². The first kappa shape index (κ1) is 33.0. The predicted molar refractivity (Wildman–Crippen MR) is 169 cm³/mol. The number of allylic oxidation sites excluding steroid dienone is 2. The molecule has 0 fully saturated rings. The Kier molecular flexibility index (Phi) is 10.2. The van der Waals surface area contributed by atoms with Crippen LogP contribution in [0.25, 0.3) is 22.3 Å². The molecule has 2 heterocycles. The van der Waals surface area contributed by atoms with Crippen molar-refractivity contribution in [3.05, 3.63) is 121 Å². The summed E-state index contributed by atoms with van der Waals surface area (Å²) in [6.45, 7) is 3.29. The number of carbonyl (C=O) groups excluding carboxylic acids is 2. The van der Waals surface area contributed by atoms with Crippen molar-refractivity contribution in [3.63, 3.8) is 0 Å². The number of hydrogen-bond acceptors (Lipinski definition) is 11. The van der Waals surface area contributed by atoms with Crippen molar-refractivity contribution in [2.24, 2.45) is 0 Å². The quantitative estimate of drug-likeness (QED) is 0.153. The van der Waals surface area contributed by atoms with E-state index >= 15 is 0 Å². The lowest BCUT2D eigenvalue weighted by Crippen LogP contribution is -2.32. The summed E-state index contributed by atoms with van der Waals surface area (Å²) < 4.78 is 26.1. The van der Waals surface area contributed by atoms with Crippen molar-refractivity contribution in [2.75, 3.05) is 28.4 Å². The Hall–Kier alpha value is -5.91. The van der Waals surface area contributed by atoms with Crippen LogP contribution in [-0.4, -0.2) is 45.3 Å². The minimum Gasteiger partial charge on any atom is -0.493 e. The minimum absolute atomic E-state index is 0.128. The molecule has 1 N–H and O–H groups in total. The molecule has 0 unspecified atom stereocenters. The lowest BCUT2D eigenvalue weighted by molar-refractivity contribution is -0.385. The van der Waals surface area contributed by atoms with Gasteiger partial charge in [-0.25, -0.2) is 9.59 Å². The number of nitro benzene ring substituents is 1. The predicted octanol–water partition coefficient (Wildman–Crippen LogP) is 5.65. The number of nitrogens with zero attached hydrogens (tertiary/aromatic N) is 1. The van der Waals surface area contributed by atoms with Gasteiger partial charge in [0.25, 0.3) is 5.69 Å². The normalized spacial score (nSPS) is 12.9. The van der Waals surface area contributed by atoms with Crippen molar-refractivity contribution < 1.29 is 37.9 Å². The third kappa shape index (κ3) is 6.32. The highest BCUT2D eigenvalue weighted by molar-refractivity contribution is 6.00. The first-order valence-corrected chi connectivity index (χ1v) is 13.9. The van der Waals surface area contributed by atoms with Crippen LogP contribution in [0.5, 0.6) is 11.5 Å². The molecule has 0 saturated heterocycles. The summed E-state index contributed by atoms with van der Waals surface area (Å²) in [4.78, 5) is 48.2. The Balaban J connectivity index is 0.000000211. The highest BCUT2D eigenvalue weighted by Gasteiger charge is 2.40. The maximum atomic E-state index is 12.6. The number of rotatable bonds is 7. The molecule has 5 rings (SSSR count). The Morgan fingerprint density at radius 2 is 1.39 bits per heavy atom. The van der Waals surface area contributed by atoms with Crippen LogP contribution in [0.1, 0.15) is 25.3 Å². The van der Waals surface area contributed by atoms with E-state index in [-0.39, 0.29) is 33.6 Å². The van der Waals surface area contributed by atoms with Crippen molar-refractivity contribution in [1.29, 1.82) is 0 Å². The zero-order valence-electron chi connectivity index (χ0n) is 26.0. The Morgan fingerprint density at radius 3 is 1.93 bits per heavy atom. The molecule has 12 nitrogen and oxygen atoms in total. The van der Waals surface area contributed by atoms with E-state index in [0.29, 0.717) is 33.9 Å². The maximum Gasteiger partial charge on any atom is 0.336 e. The van der Waals surface area contributed by atoms with Gasteiger partial charge in [0.05, 0.1) is 55.8 Å². The SMILES string of the molecule is COC(=O)C1=C(C)NC(C)=C(C(=O)OC)C1c1ccccc1[N+](=O)[O-].COc1c(-c2ccccc2)oc2c(OC)cccc2c1=O. The van der Waals surface area contributed by atoms with E-state index < -0.39 is 22.8 Å². The van der Waals surface area contributed by atoms with Gasteiger partial charge >= 0.3 is 11.9 Å². The molecule has 0 radical (unpaired) electrons. The van der Waals surface area contributed by atoms with Crippen LogP contribution in [0.3, 0.4) is 0 Å². The maximum absolute atomic E-state index is 12.6. The lowest BCUT2D eigenvalue weighted by atomic mass is 9.79. The second-order valence-electron chi connectivity index (χ2n) is 9.93. The van der Waals surface area contributed by atoms with E-state index in [2.05, 4.69) is 5.32 Å². The first-order chi connectivity index (χ1) is 22.1. The van der Waals surface area contributed by atoms with Gasteiger partial charge < -0.3 is 28.7 Å². The third-order valence-electron chi connectivity index (χ3n) is 7.32. The van der Waals surface area contributed by atoms with E-state index in [1.807, 2.05) is 30.3 Å². The smallest absolute Gasteiger partial charge is 0.336 e. The van der Waals surface area contributed by atoms with Crippen molar-refractivity contribution in [3.8, 4) is 22.8 Å². The highest BCUT2D eigenvalue weighted by Crippen LogP contribution is 2.42. The van der Waals surface area contributed by atoms with Gasteiger partial charge in [-0.1, -0.05) is 54.6 Å². The van der Waals surface area contributed by atoms with Gasteiger partial charge in [-0.15, -0.1) is 0 Å². The molecule has 0 spiro atoms. The highest BCUT2D eigenvalue weighted by atomic mass is 16.6. The monoisotopic (exact) mass is 628 g/mol. The van der Waals surface area contributed by atoms with Crippen LogP contribution in [0.2, 0.25) is 0 Å². The van der Waals surface area contributed by atoms with Crippen molar-refractivity contribution >= 4 is 28.6 Å². The van der Waals surface area contributed by atoms with Gasteiger partial charge in [0.1, 0.15) is 0 Å². The number of methoxy groups -OCH3 is 4. The molecule has 0 saturated carbocycles. The van der Waals surface area contributed by atoms with Gasteiger partial charge in [-0.05, 0) is 26.0 Å². The summed E-state index contributed by atoms with van der Waals surface area (Å²) in [5.41, 5.74) is 2.18. The van der Waals surface area contributed by atoms with Gasteiger partial charge in [-0.2, -0.15) is 0 Å². The van der Waals surface area contributed by atoms with Crippen LogP contribution >= 0.6 is 0 Å². The summed E-state index contributed by atoms with van der Waals surface area (Å²) in [6.07, 6.45) is 0. The lowest BCUT2D eigenvalue weighted by Gasteiger charge is -2.29. The van der Waals surface area contributed by atoms with Gasteiger partial charge in [0.2, 0.25) is 11.2 Å². The summed E-state index contributed by atoms with van der Waals surface area (Å²) in [5.74, 6) is -1.21. The zero-order chi connectivity index (χ0) is 33.5. The third-order valence-corrected chi connectivity index (χ3v) is 7.32. The van der Waals surface area contributed by atoms with E-state index in [9.17, 15) is 24.5 Å². The van der Waals surface area contributed by atoms with E-state index in [0.717, 1.165) is 5.56 Å². The molecule has 4 aromatic rings. The fourth-order valence-corrected chi connectivity index (χ4v) is 5.26. The number of fused-ring (bicyclic) bond motifs is 1. The summed E-state index contributed by atoms with van der Waals surface area (Å²) in [7, 11) is 5.43. The first-order valence-electron chi connectivity index (χ1n) is 13.9. The Labute approximate surface area is 264 Å². The van der Waals surface area contributed by atoms with Crippen LogP contribution < -0.4 is 20.2 Å². The summed E-state index contributed by atoms with van der Waals surface area (Å²) >= 11 is 0. The number of hydrogen-bond donors (Lipinski definition) is 1. The molecule has 1 aromatic heterocycles. The molecule has 1 aliphatic rings. The zero-order valence-corrected chi connectivity index (χ0v) is 26.0. The molecular formula is C34H32N2O10. The number of nitro groups is 1. The Bertz CT molecular complexity index is 1890. The van der Waals surface area contributed by atoms with Gasteiger partial charge in [-0.3, -0.25) is 14.9 Å². The molecular weight excluding hydrogens is 596 g/mol.